The van der Waals surface area contributed by atoms with Crippen molar-refractivity contribution in [2.24, 2.45) is 5.92 Å². The molecule has 2 aliphatic rings. The molecule has 3 nitrogen and oxygen atoms in total. The topological polar surface area (TPSA) is 52.2 Å². The zero-order chi connectivity index (χ0) is 16.0. The maximum absolute atomic E-state index is 11.5. The fraction of sp³-hybridized carbons (Fsp3) is 0.211. The van der Waals surface area contributed by atoms with Crippen molar-refractivity contribution >= 4 is 23.3 Å². The van der Waals surface area contributed by atoms with Crippen LogP contribution in [0.3, 0.4) is 0 Å². The van der Waals surface area contributed by atoms with Crippen LogP contribution in [-0.4, -0.2) is 5.97 Å². The van der Waals surface area contributed by atoms with E-state index in [9.17, 15) is 9.90 Å². The summed E-state index contributed by atoms with van der Waals surface area (Å²) in [5.41, 5.74) is 3.06. The van der Waals surface area contributed by atoms with Gasteiger partial charge in [0.25, 0.3) is 0 Å². The van der Waals surface area contributed by atoms with Crippen LogP contribution in [0.2, 0.25) is 5.02 Å². The normalized spacial score (nSPS) is 24.7. The monoisotopic (exact) mass is 324 g/mol. The van der Waals surface area contributed by atoms with E-state index < -0.39 is 5.97 Å². The lowest BCUT2D eigenvalue weighted by molar-refractivity contribution is -0.254. The number of hydrogen-bond acceptors (Lipinski definition) is 3. The molecule has 3 atom stereocenters. The molecule has 0 bridgehead atoms. The number of para-hydroxylation sites is 1. The minimum absolute atomic E-state index is 0.0558. The van der Waals surface area contributed by atoms with E-state index in [4.69, 9.17) is 11.6 Å². The Balaban J connectivity index is 1.83. The second-order valence-electron chi connectivity index (χ2n) is 6.08. The van der Waals surface area contributed by atoms with Crippen LogP contribution in [0.25, 0.3) is 0 Å². The maximum Gasteiger partial charge on any atom is 0.0736 e. The van der Waals surface area contributed by atoms with Gasteiger partial charge in [-0.2, -0.15) is 0 Å². The average Bonchev–Trinajstić information content (AvgIpc) is 3.04. The summed E-state index contributed by atoms with van der Waals surface area (Å²) in [5.74, 6) is -0.545. The Bertz CT molecular complexity index is 798. The molecule has 0 amide bonds. The first-order valence-electron chi connectivity index (χ1n) is 7.68. The Hall–Kier alpha value is -2.26. The predicted octanol–water partition coefficient (Wildman–Crippen LogP) is 3.53. The third-order valence-electron chi connectivity index (χ3n) is 4.85. The van der Waals surface area contributed by atoms with Gasteiger partial charge in [-0.25, -0.2) is 0 Å². The number of hydrogen-bond donors (Lipinski definition) is 1. The van der Waals surface area contributed by atoms with Gasteiger partial charge in [0.2, 0.25) is 0 Å². The smallest absolute Gasteiger partial charge is 0.0736 e. The van der Waals surface area contributed by atoms with Crippen molar-refractivity contribution < 1.29 is 9.90 Å². The third kappa shape index (κ3) is 2.32. The summed E-state index contributed by atoms with van der Waals surface area (Å²) in [4.78, 5) is 11.5. The average molecular weight is 325 g/mol. The fourth-order valence-corrected chi connectivity index (χ4v) is 3.92. The number of carbonyl (C=O) groups is 1. The van der Waals surface area contributed by atoms with E-state index in [1.54, 1.807) is 12.1 Å². The Labute approximate surface area is 139 Å². The standard InChI is InChI=1S/C19H16ClNO2/c20-12-9-7-11(8-10-12)17-14-4-1-3-13(14)15-5-2-6-16(19(22)23)18(15)21-17/h1-3,5-10,13-14,17,21H,4H2,(H,22,23)/p-1/t13-,14+,17-/m0/s1. The summed E-state index contributed by atoms with van der Waals surface area (Å²) in [6.45, 7) is 0. The molecule has 4 heteroatoms. The lowest BCUT2D eigenvalue weighted by Crippen LogP contribution is -2.32. The summed E-state index contributed by atoms with van der Waals surface area (Å²) in [7, 11) is 0. The summed E-state index contributed by atoms with van der Waals surface area (Å²) in [6, 6.07) is 13.2. The van der Waals surface area contributed by atoms with E-state index in [1.165, 1.54) is 0 Å². The van der Waals surface area contributed by atoms with E-state index in [0.29, 0.717) is 16.6 Å². The van der Waals surface area contributed by atoms with Crippen molar-refractivity contribution in [2.45, 2.75) is 18.4 Å². The molecular weight excluding hydrogens is 310 g/mol. The van der Waals surface area contributed by atoms with E-state index in [-0.39, 0.29) is 17.5 Å². The number of fused-ring (bicyclic) bond motifs is 3. The van der Waals surface area contributed by atoms with Crippen molar-refractivity contribution in [1.29, 1.82) is 0 Å². The number of allylic oxidation sites excluding steroid dienone is 2. The molecule has 0 fully saturated rings. The number of carbonyl (C=O) groups excluding carboxylic acids is 1. The Kier molecular flexibility index (Phi) is 3.38. The zero-order valence-electron chi connectivity index (χ0n) is 12.3. The van der Waals surface area contributed by atoms with Crippen molar-refractivity contribution in [3.8, 4) is 0 Å². The molecule has 2 aromatic carbocycles. The molecule has 0 radical (unpaired) electrons. The minimum atomic E-state index is -1.15. The summed E-state index contributed by atoms with van der Waals surface area (Å²) in [6.07, 6.45) is 5.34. The molecule has 1 aliphatic heterocycles. The van der Waals surface area contributed by atoms with Crippen molar-refractivity contribution in [1.82, 2.24) is 0 Å². The lowest BCUT2D eigenvalue weighted by atomic mass is 9.76. The Morgan fingerprint density at radius 1 is 1.17 bits per heavy atom. The van der Waals surface area contributed by atoms with Crippen molar-refractivity contribution in [3.05, 3.63) is 76.3 Å². The van der Waals surface area contributed by atoms with Gasteiger partial charge < -0.3 is 15.2 Å². The van der Waals surface area contributed by atoms with Gasteiger partial charge in [-0.3, -0.25) is 0 Å². The first-order chi connectivity index (χ1) is 11.1. The van der Waals surface area contributed by atoms with Gasteiger partial charge in [0, 0.05) is 22.2 Å². The summed E-state index contributed by atoms with van der Waals surface area (Å²) >= 11 is 5.99. The van der Waals surface area contributed by atoms with E-state index in [0.717, 1.165) is 17.5 Å². The fourth-order valence-electron chi connectivity index (χ4n) is 3.79. The highest BCUT2D eigenvalue weighted by Crippen LogP contribution is 2.50. The van der Waals surface area contributed by atoms with Gasteiger partial charge >= 0.3 is 0 Å². The van der Waals surface area contributed by atoms with Crippen molar-refractivity contribution in [2.75, 3.05) is 5.32 Å². The molecule has 0 spiro atoms. The molecule has 1 heterocycles. The van der Waals surface area contributed by atoms with E-state index >= 15 is 0 Å². The molecule has 0 aromatic heterocycles. The number of carboxylic acids is 1. The quantitative estimate of drug-likeness (QED) is 0.860. The number of aromatic carboxylic acids is 1. The number of rotatable bonds is 2. The Morgan fingerprint density at radius 3 is 2.70 bits per heavy atom. The molecule has 0 saturated carbocycles. The van der Waals surface area contributed by atoms with Crippen LogP contribution in [0, 0.1) is 5.92 Å². The number of halogens is 1. The molecule has 0 unspecified atom stereocenters. The highest BCUT2D eigenvalue weighted by Gasteiger charge is 2.38. The molecule has 116 valence electrons. The maximum atomic E-state index is 11.5. The van der Waals surface area contributed by atoms with Crippen LogP contribution in [0.4, 0.5) is 5.69 Å². The number of carboxylic acid groups (broad SMARTS) is 1. The van der Waals surface area contributed by atoms with Gasteiger partial charge in [0.1, 0.15) is 0 Å². The number of anilines is 1. The van der Waals surface area contributed by atoms with Gasteiger partial charge in [-0.1, -0.05) is 54.1 Å². The molecule has 1 N–H and O–H groups in total. The molecule has 1 aliphatic carbocycles. The summed E-state index contributed by atoms with van der Waals surface area (Å²) in [5, 5.41) is 15.6. The van der Waals surface area contributed by atoms with Crippen LogP contribution in [-0.2, 0) is 0 Å². The molecule has 23 heavy (non-hydrogen) atoms. The van der Waals surface area contributed by atoms with Crippen LogP contribution in [0.1, 0.15) is 39.9 Å². The molecule has 4 rings (SSSR count). The lowest BCUT2D eigenvalue weighted by Gasteiger charge is -2.38. The van der Waals surface area contributed by atoms with Gasteiger partial charge in [-0.05, 0) is 35.6 Å². The van der Waals surface area contributed by atoms with Crippen LogP contribution >= 0.6 is 11.6 Å². The SMILES string of the molecule is O=C([O-])c1cccc2c1N[C@@H](c1ccc(Cl)cc1)[C@@H]1CC=C[C@H]21. The number of nitrogens with one attached hydrogen (secondary N) is 1. The first kappa shape index (κ1) is 14.3. The van der Waals surface area contributed by atoms with Crippen LogP contribution < -0.4 is 10.4 Å². The molecular formula is C19H15ClNO2-. The summed E-state index contributed by atoms with van der Waals surface area (Å²) < 4.78 is 0. The van der Waals surface area contributed by atoms with E-state index in [2.05, 4.69) is 17.5 Å². The van der Waals surface area contributed by atoms with Gasteiger partial charge in [-0.15, -0.1) is 0 Å². The molecule has 2 aromatic rings. The third-order valence-corrected chi connectivity index (χ3v) is 5.10. The first-order valence-corrected chi connectivity index (χ1v) is 8.06. The second-order valence-corrected chi connectivity index (χ2v) is 6.52. The van der Waals surface area contributed by atoms with Gasteiger partial charge in [0.15, 0.2) is 0 Å². The van der Waals surface area contributed by atoms with Crippen LogP contribution in [0.5, 0.6) is 0 Å². The number of benzene rings is 2. The van der Waals surface area contributed by atoms with Crippen molar-refractivity contribution in [3.63, 3.8) is 0 Å². The van der Waals surface area contributed by atoms with E-state index in [1.807, 2.05) is 30.3 Å². The predicted molar refractivity (Wildman–Crippen MR) is 88.6 cm³/mol. The van der Waals surface area contributed by atoms with Gasteiger partial charge in [0.05, 0.1) is 12.0 Å². The van der Waals surface area contributed by atoms with Crippen LogP contribution in [0.15, 0.2) is 54.6 Å². The second kappa shape index (κ2) is 5.43. The minimum Gasteiger partial charge on any atom is -0.545 e. The Morgan fingerprint density at radius 2 is 1.96 bits per heavy atom. The largest absolute Gasteiger partial charge is 0.545 e. The molecule has 0 saturated heterocycles. The highest BCUT2D eigenvalue weighted by molar-refractivity contribution is 6.30. The highest BCUT2D eigenvalue weighted by atomic mass is 35.5. The zero-order valence-corrected chi connectivity index (χ0v) is 13.1.